The summed E-state index contributed by atoms with van der Waals surface area (Å²) in [5, 5.41) is 8.67. The number of aliphatic carboxylic acids is 1. The van der Waals surface area contributed by atoms with Crippen LogP contribution in [0.5, 0.6) is 0 Å². The topological polar surface area (TPSA) is 37.3 Å². The third-order valence-electron chi connectivity index (χ3n) is 1.23. The van der Waals surface area contributed by atoms with E-state index in [1.807, 2.05) is 0 Å². The number of carboxylic acid groups (broad SMARTS) is 1. The molecule has 3 heteroatoms. The number of hydrogen-bond acceptors (Lipinski definition) is 2. The van der Waals surface area contributed by atoms with E-state index in [0.29, 0.717) is 0 Å². The highest BCUT2D eigenvalue weighted by molar-refractivity contribution is 8.03. The summed E-state index contributed by atoms with van der Waals surface area (Å²) >= 11 is 1.45. The van der Waals surface area contributed by atoms with E-state index in [9.17, 15) is 4.79 Å². The van der Waals surface area contributed by atoms with Gasteiger partial charge in [0.2, 0.25) is 0 Å². The molecule has 12 heavy (non-hydrogen) atoms. The predicted octanol–water partition coefficient (Wildman–Crippen LogP) is 2.45. The summed E-state index contributed by atoms with van der Waals surface area (Å²) in [5.41, 5.74) is 0.266. The summed E-state index contributed by atoms with van der Waals surface area (Å²) < 4.78 is 0. The molecule has 0 fully saturated rings. The molecule has 66 valence electrons. The zero-order valence-corrected chi connectivity index (χ0v) is 7.86. The van der Waals surface area contributed by atoms with Gasteiger partial charge >= 0.3 is 5.97 Å². The lowest BCUT2D eigenvalue weighted by Crippen LogP contribution is -1.99. The maximum absolute atomic E-state index is 10.6. The first kappa shape index (κ1) is 11.0. The van der Waals surface area contributed by atoms with Crippen LogP contribution in [0.4, 0.5) is 0 Å². The lowest BCUT2D eigenvalue weighted by Gasteiger charge is -2.01. The van der Waals surface area contributed by atoms with Crippen molar-refractivity contribution in [1.29, 1.82) is 0 Å². The van der Waals surface area contributed by atoms with Crippen LogP contribution in [0.2, 0.25) is 0 Å². The molecule has 0 heterocycles. The Balaban J connectivity index is 4.48. The van der Waals surface area contributed by atoms with Crippen molar-refractivity contribution in [3.63, 3.8) is 0 Å². The van der Waals surface area contributed by atoms with Crippen LogP contribution in [-0.4, -0.2) is 16.8 Å². The minimum atomic E-state index is -0.931. The zero-order valence-electron chi connectivity index (χ0n) is 7.04. The Kier molecular flexibility index (Phi) is 5.21. The van der Waals surface area contributed by atoms with Crippen LogP contribution in [0.15, 0.2) is 35.8 Å². The Morgan fingerprint density at radius 2 is 2.17 bits per heavy atom. The molecule has 0 amide bonds. The molecule has 0 atom stereocenters. The fourth-order valence-electron chi connectivity index (χ4n) is 0.643. The monoisotopic (exact) mass is 184 g/mol. The third kappa shape index (κ3) is 3.44. The summed E-state index contributed by atoms with van der Waals surface area (Å²) in [5.74, 6) is -0.213. The average molecular weight is 184 g/mol. The molecule has 0 saturated heterocycles. The molecule has 0 radical (unpaired) electrons. The molecule has 0 aliphatic rings. The van der Waals surface area contributed by atoms with Gasteiger partial charge in [0.1, 0.15) is 0 Å². The quantitative estimate of drug-likeness (QED) is 0.405. The van der Waals surface area contributed by atoms with Gasteiger partial charge in [-0.25, -0.2) is 4.79 Å². The van der Waals surface area contributed by atoms with Gasteiger partial charge in [0.05, 0.1) is 5.57 Å². The number of hydrogen-bond donors (Lipinski definition) is 1. The van der Waals surface area contributed by atoms with Gasteiger partial charge < -0.3 is 5.11 Å². The molecule has 0 aliphatic carbocycles. The molecule has 0 aliphatic heterocycles. The number of rotatable bonds is 5. The summed E-state index contributed by atoms with van der Waals surface area (Å²) in [4.78, 5) is 11.3. The van der Waals surface area contributed by atoms with E-state index in [1.54, 1.807) is 13.0 Å². The van der Waals surface area contributed by atoms with Crippen LogP contribution in [0.3, 0.4) is 0 Å². The fraction of sp³-hybridized carbons (Fsp3) is 0.222. The summed E-state index contributed by atoms with van der Waals surface area (Å²) in [6.07, 6.45) is 3.09. The maximum Gasteiger partial charge on any atom is 0.336 e. The minimum Gasteiger partial charge on any atom is -0.478 e. The van der Waals surface area contributed by atoms with Crippen molar-refractivity contribution in [2.24, 2.45) is 0 Å². The molecule has 0 aromatic carbocycles. The predicted molar refractivity (Wildman–Crippen MR) is 53.2 cm³/mol. The highest BCUT2D eigenvalue weighted by Crippen LogP contribution is 2.19. The van der Waals surface area contributed by atoms with Crippen LogP contribution >= 0.6 is 11.8 Å². The van der Waals surface area contributed by atoms with Crippen molar-refractivity contribution in [2.45, 2.75) is 6.92 Å². The van der Waals surface area contributed by atoms with Crippen molar-refractivity contribution in [3.05, 3.63) is 35.8 Å². The Morgan fingerprint density at radius 3 is 2.50 bits per heavy atom. The van der Waals surface area contributed by atoms with Crippen molar-refractivity contribution in [1.82, 2.24) is 0 Å². The van der Waals surface area contributed by atoms with Crippen LogP contribution in [0.25, 0.3) is 0 Å². The Bertz CT molecular complexity index is 229. The molecule has 0 saturated carbocycles. The molecule has 0 unspecified atom stereocenters. The molecule has 0 aromatic rings. The van der Waals surface area contributed by atoms with E-state index in [0.717, 1.165) is 10.7 Å². The summed E-state index contributed by atoms with van der Waals surface area (Å²) in [6.45, 7) is 8.74. The van der Waals surface area contributed by atoms with E-state index >= 15 is 0 Å². The van der Waals surface area contributed by atoms with Gasteiger partial charge in [0.15, 0.2) is 0 Å². The van der Waals surface area contributed by atoms with Gasteiger partial charge in [0, 0.05) is 5.75 Å². The van der Waals surface area contributed by atoms with Gasteiger partial charge in [-0.3, -0.25) is 0 Å². The van der Waals surface area contributed by atoms with Crippen molar-refractivity contribution >= 4 is 17.7 Å². The SMILES string of the molecule is C=CCS/C(C)=C(\C=C)C(=O)O. The standard InChI is InChI=1S/C9H12O2S/c1-4-6-12-7(3)8(5-2)9(10)11/h4-5H,1-2,6H2,3H3,(H,10,11)/b8-7+. The first-order valence-electron chi connectivity index (χ1n) is 3.43. The average Bonchev–Trinajstić information content (AvgIpc) is 2.01. The van der Waals surface area contributed by atoms with E-state index in [2.05, 4.69) is 13.2 Å². The first-order chi connectivity index (χ1) is 5.63. The number of thioether (sulfide) groups is 1. The van der Waals surface area contributed by atoms with E-state index in [-0.39, 0.29) is 5.57 Å². The van der Waals surface area contributed by atoms with Gasteiger partial charge in [-0.1, -0.05) is 18.7 Å². The van der Waals surface area contributed by atoms with E-state index < -0.39 is 5.97 Å². The van der Waals surface area contributed by atoms with Crippen molar-refractivity contribution in [2.75, 3.05) is 5.75 Å². The molecule has 0 spiro atoms. The summed E-state index contributed by atoms with van der Waals surface area (Å²) in [6, 6.07) is 0. The molecule has 2 nitrogen and oxygen atoms in total. The summed E-state index contributed by atoms with van der Waals surface area (Å²) in [7, 11) is 0. The van der Waals surface area contributed by atoms with Crippen molar-refractivity contribution in [3.8, 4) is 0 Å². The number of carbonyl (C=O) groups is 1. The Hall–Kier alpha value is -0.960. The van der Waals surface area contributed by atoms with Gasteiger partial charge in [-0.05, 0) is 11.8 Å². The van der Waals surface area contributed by atoms with Crippen LogP contribution < -0.4 is 0 Å². The van der Waals surface area contributed by atoms with Gasteiger partial charge in [0.25, 0.3) is 0 Å². The second-order valence-electron chi connectivity index (χ2n) is 2.08. The van der Waals surface area contributed by atoms with Gasteiger partial charge in [-0.2, -0.15) is 0 Å². The number of carboxylic acids is 1. The molecule has 0 rings (SSSR count). The third-order valence-corrected chi connectivity index (χ3v) is 2.29. The molecule has 1 N–H and O–H groups in total. The van der Waals surface area contributed by atoms with E-state index in [1.165, 1.54) is 17.8 Å². The Labute approximate surface area is 76.7 Å². The molecule has 0 aromatic heterocycles. The van der Waals surface area contributed by atoms with Crippen LogP contribution in [-0.2, 0) is 4.79 Å². The van der Waals surface area contributed by atoms with Crippen molar-refractivity contribution < 1.29 is 9.90 Å². The highest BCUT2D eigenvalue weighted by atomic mass is 32.2. The maximum atomic E-state index is 10.6. The lowest BCUT2D eigenvalue weighted by molar-refractivity contribution is -0.132. The minimum absolute atomic E-state index is 0.266. The zero-order chi connectivity index (χ0) is 9.56. The number of allylic oxidation sites excluding steroid dienone is 1. The normalized spacial score (nSPS) is 11.8. The molecular formula is C9H12O2S. The smallest absolute Gasteiger partial charge is 0.336 e. The second-order valence-corrected chi connectivity index (χ2v) is 3.31. The lowest BCUT2D eigenvalue weighted by atomic mass is 10.2. The molecule has 0 bridgehead atoms. The highest BCUT2D eigenvalue weighted by Gasteiger charge is 2.06. The molecular weight excluding hydrogens is 172 g/mol. The fourth-order valence-corrected chi connectivity index (χ4v) is 1.34. The van der Waals surface area contributed by atoms with E-state index in [4.69, 9.17) is 5.11 Å². The first-order valence-corrected chi connectivity index (χ1v) is 4.42. The largest absolute Gasteiger partial charge is 0.478 e. The van der Waals surface area contributed by atoms with Gasteiger partial charge in [-0.15, -0.1) is 18.3 Å². The second kappa shape index (κ2) is 5.66. The van der Waals surface area contributed by atoms with Crippen LogP contribution in [0.1, 0.15) is 6.92 Å². The van der Waals surface area contributed by atoms with Crippen LogP contribution in [0, 0.1) is 0 Å². The Morgan fingerprint density at radius 1 is 1.58 bits per heavy atom.